The lowest BCUT2D eigenvalue weighted by molar-refractivity contribution is 0.435. The summed E-state index contributed by atoms with van der Waals surface area (Å²) in [6.07, 6.45) is 4.70. The van der Waals surface area contributed by atoms with E-state index >= 15 is 0 Å². The average molecular weight is 473 g/mol. The Morgan fingerprint density at radius 2 is 2.00 bits per heavy atom. The molecule has 7 heteroatoms. The van der Waals surface area contributed by atoms with Crippen LogP contribution in [0.1, 0.15) is 36.9 Å². The molecule has 0 aliphatic heterocycles. The second kappa shape index (κ2) is 8.42. The van der Waals surface area contributed by atoms with Gasteiger partial charge in [-0.05, 0) is 71.7 Å². The molecule has 2 aromatic rings. The number of aryl methyl sites for hydroxylation is 1. The number of halogens is 3. The van der Waals surface area contributed by atoms with Gasteiger partial charge in [0.2, 0.25) is 0 Å². The SMILES string of the molecule is Cc1nc(NC(=S)NCC2(c3cccc(Cl)c3)CCCC2)c(Br)cc1Cl. The minimum atomic E-state index is 0.0667. The van der Waals surface area contributed by atoms with Gasteiger partial charge in [0.05, 0.1) is 15.2 Å². The Hall–Kier alpha value is -0.880. The van der Waals surface area contributed by atoms with Crippen molar-refractivity contribution in [1.82, 2.24) is 10.3 Å². The molecule has 3 nitrogen and oxygen atoms in total. The Labute approximate surface area is 178 Å². The standard InChI is InChI=1S/C19H20BrCl2N3S/c1-12-16(22)10-15(20)17(24-12)25-18(26)23-11-19(7-2-3-8-19)13-5-4-6-14(21)9-13/h4-6,9-10H,2-3,7-8,11H2,1H3,(H2,23,24,25,26). The van der Waals surface area contributed by atoms with Crippen molar-refractivity contribution in [3.05, 3.63) is 56.1 Å². The molecular formula is C19H20BrCl2N3S. The number of rotatable bonds is 4. The number of hydrogen-bond acceptors (Lipinski definition) is 2. The maximum atomic E-state index is 6.22. The van der Waals surface area contributed by atoms with Crippen LogP contribution in [0, 0.1) is 6.92 Å². The topological polar surface area (TPSA) is 37.0 Å². The van der Waals surface area contributed by atoms with Gasteiger partial charge in [-0.15, -0.1) is 0 Å². The quantitative estimate of drug-likeness (QED) is 0.515. The molecule has 1 aromatic carbocycles. The second-order valence-electron chi connectivity index (χ2n) is 6.69. The third-order valence-electron chi connectivity index (χ3n) is 4.92. The fourth-order valence-corrected chi connectivity index (χ4v) is 4.54. The molecule has 3 rings (SSSR count). The van der Waals surface area contributed by atoms with Gasteiger partial charge in [0.1, 0.15) is 5.82 Å². The number of aromatic nitrogens is 1. The Morgan fingerprint density at radius 3 is 2.69 bits per heavy atom. The van der Waals surface area contributed by atoms with Gasteiger partial charge in [-0.2, -0.15) is 0 Å². The van der Waals surface area contributed by atoms with E-state index in [0.29, 0.717) is 16.0 Å². The van der Waals surface area contributed by atoms with Gasteiger partial charge in [0, 0.05) is 17.0 Å². The summed E-state index contributed by atoms with van der Waals surface area (Å²) in [6.45, 7) is 2.63. The predicted molar refractivity (Wildman–Crippen MR) is 118 cm³/mol. The molecule has 0 atom stereocenters. The molecule has 26 heavy (non-hydrogen) atoms. The molecule has 1 heterocycles. The van der Waals surface area contributed by atoms with E-state index in [-0.39, 0.29) is 5.41 Å². The lowest BCUT2D eigenvalue weighted by atomic mass is 9.79. The summed E-state index contributed by atoms with van der Waals surface area (Å²) in [5, 5.41) is 8.48. The third-order valence-corrected chi connectivity index (χ3v) is 6.39. The summed E-state index contributed by atoms with van der Waals surface area (Å²) in [5.41, 5.74) is 2.10. The van der Waals surface area contributed by atoms with Crippen LogP contribution in [0.4, 0.5) is 5.82 Å². The number of hydrogen-bond donors (Lipinski definition) is 2. The Kier molecular flexibility index (Phi) is 6.44. The number of nitrogens with one attached hydrogen (secondary N) is 2. The molecule has 0 saturated heterocycles. The van der Waals surface area contributed by atoms with Crippen molar-refractivity contribution in [1.29, 1.82) is 0 Å². The predicted octanol–water partition coefficient (Wildman–Crippen LogP) is 6.26. The average Bonchev–Trinajstić information content (AvgIpc) is 3.08. The van der Waals surface area contributed by atoms with Gasteiger partial charge >= 0.3 is 0 Å². The molecule has 1 saturated carbocycles. The van der Waals surface area contributed by atoms with Gasteiger partial charge in [0.15, 0.2) is 5.11 Å². The number of thiocarbonyl (C=S) groups is 1. The van der Waals surface area contributed by atoms with E-state index in [2.05, 4.69) is 43.7 Å². The largest absolute Gasteiger partial charge is 0.362 e. The van der Waals surface area contributed by atoms with Crippen LogP contribution in [0.2, 0.25) is 10.0 Å². The van der Waals surface area contributed by atoms with Gasteiger partial charge in [-0.1, -0.05) is 48.2 Å². The van der Waals surface area contributed by atoms with Crippen LogP contribution in [0.25, 0.3) is 0 Å². The maximum absolute atomic E-state index is 6.22. The fourth-order valence-electron chi connectivity index (χ4n) is 3.49. The Bertz CT molecular complexity index is 822. The van der Waals surface area contributed by atoms with Crippen LogP contribution in [-0.4, -0.2) is 16.6 Å². The molecule has 0 amide bonds. The van der Waals surface area contributed by atoms with E-state index < -0.39 is 0 Å². The van der Waals surface area contributed by atoms with Crippen LogP contribution in [0.5, 0.6) is 0 Å². The minimum Gasteiger partial charge on any atom is -0.362 e. The Morgan fingerprint density at radius 1 is 1.27 bits per heavy atom. The highest BCUT2D eigenvalue weighted by Crippen LogP contribution is 2.41. The normalized spacial score (nSPS) is 15.7. The smallest absolute Gasteiger partial charge is 0.172 e. The fraction of sp³-hybridized carbons (Fsp3) is 0.368. The van der Waals surface area contributed by atoms with Crippen molar-refractivity contribution in [2.24, 2.45) is 0 Å². The van der Waals surface area contributed by atoms with Gasteiger partial charge in [-0.3, -0.25) is 0 Å². The maximum Gasteiger partial charge on any atom is 0.172 e. The van der Waals surface area contributed by atoms with Crippen LogP contribution in [0.3, 0.4) is 0 Å². The highest BCUT2D eigenvalue weighted by atomic mass is 79.9. The van der Waals surface area contributed by atoms with Crippen molar-refractivity contribution in [2.45, 2.75) is 38.0 Å². The minimum absolute atomic E-state index is 0.0667. The molecule has 0 spiro atoms. The van der Waals surface area contributed by atoms with E-state index in [1.165, 1.54) is 18.4 Å². The summed E-state index contributed by atoms with van der Waals surface area (Å²) < 4.78 is 0.780. The number of nitrogens with zero attached hydrogens (tertiary/aromatic N) is 1. The molecule has 0 bridgehead atoms. The number of benzene rings is 1. The molecule has 0 radical (unpaired) electrons. The number of anilines is 1. The van der Waals surface area contributed by atoms with E-state index in [0.717, 1.165) is 34.6 Å². The van der Waals surface area contributed by atoms with E-state index in [1.54, 1.807) is 0 Å². The lowest BCUT2D eigenvalue weighted by Crippen LogP contribution is -2.41. The monoisotopic (exact) mass is 471 g/mol. The third kappa shape index (κ3) is 4.50. The zero-order valence-electron chi connectivity index (χ0n) is 14.4. The first kappa shape index (κ1) is 19.9. The first-order valence-electron chi connectivity index (χ1n) is 8.53. The molecule has 1 aliphatic rings. The van der Waals surface area contributed by atoms with Crippen LogP contribution in [0.15, 0.2) is 34.8 Å². The molecular weight excluding hydrogens is 453 g/mol. The van der Waals surface area contributed by atoms with Gasteiger partial charge in [-0.25, -0.2) is 4.98 Å². The molecule has 1 aromatic heterocycles. The van der Waals surface area contributed by atoms with Crippen LogP contribution in [-0.2, 0) is 5.41 Å². The van der Waals surface area contributed by atoms with Crippen LogP contribution < -0.4 is 10.6 Å². The zero-order chi connectivity index (χ0) is 18.7. The van der Waals surface area contributed by atoms with Crippen molar-refractivity contribution in [3.63, 3.8) is 0 Å². The van der Waals surface area contributed by atoms with Gasteiger partial charge < -0.3 is 10.6 Å². The molecule has 2 N–H and O–H groups in total. The first-order chi connectivity index (χ1) is 12.4. The highest BCUT2D eigenvalue weighted by Gasteiger charge is 2.35. The molecule has 0 unspecified atom stereocenters. The summed E-state index contributed by atoms with van der Waals surface area (Å²) in [7, 11) is 0. The number of pyridine rings is 1. The van der Waals surface area contributed by atoms with Crippen LogP contribution >= 0.6 is 51.3 Å². The molecule has 138 valence electrons. The summed E-state index contributed by atoms with van der Waals surface area (Å²) >= 11 is 21.3. The van der Waals surface area contributed by atoms with Crippen molar-refractivity contribution in [2.75, 3.05) is 11.9 Å². The summed E-state index contributed by atoms with van der Waals surface area (Å²) in [5.74, 6) is 0.660. The summed E-state index contributed by atoms with van der Waals surface area (Å²) in [6, 6.07) is 9.99. The molecule has 1 fully saturated rings. The molecule has 1 aliphatic carbocycles. The van der Waals surface area contributed by atoms with Crippen molar-refractivity contribution in [3.8, 4) is 0 Å². The van der Waals surface area contributed by atoms with E-state index in [1.807, 2.05) is 25.1 Å². The Balaban J connectivity index is 1.70. The van der Waals surface area contributed by atoms with Crippen molar-refractivity contribution >= 4 is 62.3 Å². The van der Waals surface area contributed by atoms with E-state index in [9.17, 15) is 0 Å². The summed E-state index contributed by atoms with van der Waals surface area (Å²) in [4.78, 5) is 4.44. The van der Waals surface area contributed by atoms with Crippen molar-refractivity contribution < 1.29 is 0 Å². The lowest BCUT2D eigenvalue weighted by Gasteiger charge is -2.31. The van der Waals surface area contributed by atoms with E-state index in [4.69, 9.17) is 35.4 Å². The van der Waals surface area contributed by atoms with Gasteiger partial charge in [0.25, 0.3) is 0 Å². The second-order valence-corrected chi connectivity index (χ2v) is 8.80. The first-order valence-corrected chi connectivity index (χ1v) is 10.5. The zero-order valence-corrected chi connectivity index (χ0v) is 18.3. The highest BCUT2D eigenvalue weighted by molar-refractivity contribution is 9.10.